The summed E-state index contributed by atoms with van der Waals surface area (Å²) in [4.78, 5) is 16.2. The number of piperidine rings is 1. The van der Waals surface area contributed by atoms with Gasteiger partial charge in [-0.25, -0.2) is 0 Å². The first-order valence-corrected chi connectivity index (χ1v) is 7.06. The Bertz CT molecular complexity index is 302. The minimum atomic E-state index is 0. The van der Waals surface area contributed by atoms with Crippen molar-refractivity contribution in [3.63, 3.8) is 0 Å². The summed E-state index contributed by atoms with van der Waals surface area (Å²) in [5.74, 6) is 0.753. The summed E-state index contributed by atoms with van der Waals surface area (Å²) >= 11 is 0. The Morgan fingerprint density at radius 3 is 2.25 bits per heavy atom. The van der Waals surface area contributed by atoms with E-state index in [9.17, 15) is 4.79 Å². The van der Waals surface area contributed by atoms with E-state index in [0.717, 1.165) is 25.9 Å². The van der Waals surface area contributed by atoms with E-state index < -0.39 is 0 Å². The van der Waals surface area contributed by atoms with Crippen LogP contribution in [0.4, 0.5) is 0 Å². The normalized spacial score (nSPS) is 17.9. The van der Waals surface area contributed by atoms with Crippen molar-refractivity contribution in [3.8, 4) is 0 Å². The molecule has 1 rings (SSSR count). The number of halogens is 1. The highest BCUT2D eigenvalue weighted by molar-refractivity contribution is 5.85. The highest BCUT2D eigenvalue weighted by Gasteiger charge is 2.24. The van der Waals surface area contributed by atoms with Crippen molar-refractivity contribution in [2.24, 2.45) is 11.7 Å². The van der Waals surface area contributed by atoms with Crippen molar-refractivity contribution >= 4 is 18.3 Å². The van der Waals surface area contributed by atoms with Crippen LogP contribution in [-0.2, 0) is 4.79 Å². The maximum atomic E-state index is 12.2. The fraction of sp³-hybridized carbons (Fsp3) is 0.667. The molecule has 1 amide bonds. The number of nitrogens with zero attached hydrogens (tertiary/aromatic N) is 2. The van der Waals surface area contributed by atoms with E-state index in [1.165, 1.54) is 0 Å². The fourth-order valence-electron chi connectivity index (χ4n) is 2.52. The number of hydrogen-bond donors (Lipinski definition) is 1. The lowest BCUT2D eigenvalue weighted by molar-refractivity contribution is -0.131. The number of nitrogens with two attached hydrogens (primary N) is 1. The molecule has 2 N–H and O–H groups in total. The first-order valence-electron chi connectivity index (χ1n) is 7.06. The summed E-state index contributed by atoms with van der Waals surface area (Å²) in [5.41, 5.74) is 5.93. The second-order valence-electron chi connectivity index (χ2n) is 5.35. The fourth-order valence-corrected chi connectivity index (χ4v) is 2.52. The largest absolute Gasteiger partial charge is 0.334 e. The molecule has 20 heavy (non-hydrogen) atoms. The molecule has 1 fully saturated rings. The van der Waals surface area contributed by atoms with E-state index in [1.54, 1.807) is 17.1 Å². The van der Waals surface area contributed by atoms with Gasteiger partial charge in [-0.2, -0.15) is 0 Å². The maximum absolute atomic E-state index is 12.2. The Hall–Kier alpha value is -0.840. The monoisotopic (exact) mass is 301 g/mol. The van der Waals surface area contributed by atoms with Gasteiger partial charge in [0.05, 0.1) is 6.54 Å². The van der Waals surface area contributed by atoms with E-state index >= 15 is 0 Å². The van der Waals surface area contributed by atoms with Crippen molar-refractivity contribution in [2.75, 3.05) is 32.7 Å². The zero-order valence-corrected chi connectivity index (χ0v) is 13.3. The molecule has 1 aliphatic rings. The van der Waals surface area contributed by atoms with Gasteiger partial charge in [-0.3, -0.25) is 9.69 Å². The minimum absolute atomic E-state index is 0. The summed E-state index contributed by atoms with van der Waals surface area (Å²) in [7, 11) is 0. The van der Waals surface area contributed by atoms with Gasteiger partial charge in [0.2, 0.25) is 5.91 Å². The molecule has 4 nitrogen and oxygen atoms in total. The van der Waals surface area contributed by atoms with Crippen molar-refractivity contribution < 1.29 is 4.79 Å². The van der Waals surface area contributed by atoms with E-state index in [4.69, 9.17) is 5.73 Å². The smallest absolute Gasteiger partial charge is 0.237 e. The average molecular weight is 302 g/mol. The Balaban J connectivity index is 0.00000361. The Labute approximate surface area is 129 Å². The molecule has 116 valence electrons. The van der Waals surface area contributed by atoms with Gasteiger partial charge in [-0.15, -0.1) is 25.6 Å². The third kappa shape index (κ3) is 6.07. The van der Waals surface area contributed by atoms with Gasteiger partial charge in [0.1, 0.15) is 0 Å². The van der Waals surface area contributed by atoms with Crippen LogP contribution in [0.2, 0.25) is 0 Å². The summed E-state index contributed by atoms with van der Waals surface area (Å²) in [5, 5.41) is 0. The molecule has 0 saturated carbocycles. The first-order chi connectivity index (χ1) is 9.08. The van der Waals surface area contributed by atoms with Gasteiger partial charge in [0, 0.05) is 19.1 Å². The molecule has 0 aromatic rings. The molecule has 1 atom stereocenters. The summed E-state index contributed by atoms with van der Waals surface area (Å²) in [6.07, 6.45) is 5.69. The van der Waals surface area contributed by atoms with Crippen LogP contribution in [0, 0.1) is 5.92 Å². The highest BCUT2D eigenvalue weighted by atomic mass is 35.5. The SMILES string of the molecule is C=CCN(CC=C)C(=O)CN1CCC(C(C)N)CC1.Cl. The number of hydrogen-bond acceptors (Lipinski definition) is 3. The van der Waals surface area contributed by atoms with Gasteiger partial charge in [-0.05, 0) is 38.8 Å². The molecule has 5 heteroatoms. The molecule has 0 aliphatic carbocycles. The minimum Gasteiger partial charge on any atom is -0.334 e. The molecule has 0 aromatic heterocycles. The van der Waals surface area contributed by atoms with Crippen LogP contribution in [0.25, 0.3) is 0 Å². The number of likely N-dealkylation sites (tertiary alicyclic amines) is 1. The summed E-state index contributed by atoms with van der Waals surface area (Å²) in [6.45, 7) is 13.0. The van der Waals surface area contributed by atoms with Crippen LogP contribution in [0.15, 0.2) is 25.3 Å². The van der Waals surface area contributed by atoms with E-state index in [0.29, 0.717) is 25.6 Å². The predicted octanol–water partition coefficient (Wildman–Crippen LogP) is 1.67. The number of amides is 1. The van der Waals surface area contributed by atoms with Crippen LogP contribution in [0.1, 0.15) is 19.8 Å². The molecule has 1 aliphatic heterocycles. The van der Waals surface area contributed by atoms with Crippen LogP contribution in [-0.4, -0.2) is 54.5 Å². The molecular formula is C15H28ClN3O. The van der Waals surface area contributed by atoms with Crippen LogP contribution >= 0.6 is 12.4 Å². The van der Waals surface area contributed by atoms with Crippen molar-refractivity contribution in [2.45, 2.75) is 25.8 Å². The Morgan fingerprint density at radius 2 is 1.85 bits per heavy atom. The van der Waals surface area contributed by atoms with E-state index in [-0.39, 0.29) is 24.4 Å². The molecule has 1 saturated heterocycles. The van der Waals surface area contributed by atoms with Crippen molar-refractivity contribution in [1.29, 1.82) is 0 Å². The van der Waals surface area contributed by atoms with Gasteiger partial charge >= 0.3 is 0 Å². The number of carbonyl (C=O) groups excluding carboxylic acids is 1. The van der Waals surface area contributed by atoms with Crippen LogP contribution in [0.5, 0.6) is 0 Å². The molecular weight excluding hydrogens is 274 g/mol. The second-order valence-corrected chi connectivity index (χ2v) is 5.35. The molecule has 1 heterocycles. The average Bonchev–Trinajstić information content (AvgIpc) is 2.39. The Morgan fingerprint density at radius 1 is 1.35 bits per heavy atom. The Kier molecular flexibility index (Phi) is 9.55. The lowest BCUT2D eigenvalue weighted by Crippen LogP contribution is -2.45. The predicted molar refractivity (Wildman–Crippen MR) is 87.0 cm³/mol. The third-order valence-electron chi connectivity index (χ3n) is 3.79. The zero-order chi connectivity index (χ0) is 14.3. The van der Waals surface area contributed by atoms with Gasteiger partial charge in [0.15, 0.2) is 0 Å². The highest BCUT2D eigenvalue weighted by Crippen LogP contribution is 2.19. The quantitative estimate of drug-likeness (QED) is 0.728. The van der Waals surface area contributed by atoms with Gasteiger partial charge < -0.3 is 10.6 Å². The summed E-state index contributed by atoms with van der Waals surface area (Å²) in [6, 6.07) is 0.260. The number of rotatable bonds is 7. The summed E-state index contributed by atoms with van der Waals surface area (Å²) < 4.78 is 0. The van der Waals surface area contributed by atoms with E-state index in [1.807, 2.05) is 0 Å². The number of carbonyl (C=O) groups is 1. The van der Waals surface area contributed by atoms with E-state index in [2.05, 4.69) is 25.0 Å². The lowest BCUT2D eigenvalue weighted by Gasteiger charge is -2.34. The topological polar surface area (TPSA) is 49.6 Å². The standard InChI is InChI=1S/C15H27N3O.ClH/c1-4-8-18(9-5-2)15(19)12-17-10-6-14(7-11-17)13(3)16;/h4-5,13-14H,1-2,6-12,16H2,3H3;1H. The van der Waals surface area contributed by atoms with Gasteiger partial charge in [-0.1, -0.05) is 12.2 Å². The first kappa shape index (κ1) is 19.2. The van der Waals surface area contributed by atoms with Gasteiger partial charge in [0.25, 0.3) is 0 Å². The van der Waals surface area contributed by atoms with Crippen molar-refractivity contribution in [3.05, 3.63) is 25.3 Å². The van der Waals surface area contributed by atoms with Crippen molar-refractivity contribution in [1.82, 2.24) is 9.80 Å². The van der Waals surface area contributed by atoms with Crippen LogP contribution < -0.4 is 5.73 Å². The molecule has 0 aromatic carbocycles. The molecule has 0 bridgehead atoms. The molecule has 0 radical (unpaired) electrons. The molecule has 1 unspecified atom stereocenters. The molecule has 0 spiro atoms. The maximum Gasteiger partial charge on any atom is 0.237 e. The lowest BCUT2D eigenvalue weighted by atomic mass is 9.91. The zero-order valence-electron chi connectivity index (χ0n) is 12.5. The second kappa shape index (κ2) is 9.97. The van der Waals surface area contributed by atoms with Crippen LogP contribution in [0.3, 0.4) is 0 Å². The third-order valence-corrected chi connectivity index (χ3v) is 3.79.